The maximum absolute atomic E-state index is 14.0. The molecule has 1 fully saturated rings. The lowest BCUT2D eigenvalue weighted by Crippen LogP contribution is -2.35. The lowest BCUT2D eigenvalue weighted by molar-refractivity contribution is 0.0698. The van der Waals surface area contributed by atoms with Gasteiger partial charge in [-0.2, -0.15) is 0 Å². The van der Waals surface area contributed by atoms with Gasteiger partial charge in [0.25, 0.3) is 5.56 Å². The maximum atomic E-state index is 14.0. The largest absolute Gasteiger partial charge is 0.478 e. The number of aryl methyl sites for hydroxylation is 1. The van der Waals surface area contributed by atoms with Gasteiger partial charge in [0.15, 0.2) is 0 Å². The minimum Gasteiger partial charge on any atom is -0.478 e. The van der Waals surface area contributed by atoms with Crippen LogP contribution in [0, 0.1) is 6.92 Å². The topological polar surface area (TPSA) is 87.5 Å². The van der Waals surface area contributed by atoms with Crippen molar-refractivity contribution in [2.45, 2.75) is 58.3 Å². The van der Waals surface area contributed by atoms with Gasteiger partial charge in [0.1, 0.15) is 0 Å². The van der Waals surface area contributed by atoms with E-state index >= 15 is 0 Å². The van der Waals surface area contributed by atoms with E-state index in [9.17, 15) is 14.7 Å². The van der Waals surface area contributed by atoms with Crippen molar-refractivity contribution in [3.8, 4) is 0 Å². The number of carbonyl (C=O) groups is 1. The summed E-state index contributed by atoms with van der Waals surface area (Å²) in [4.78, 5) is 33.2. The summed E-state index contributed by atoms with van der Waals surface area (Å²) in [5.74, 6) is -0.261. The Morgan fingerprint density at radius 1 is 1.05 bits per heavy atom. The van der Waals surface area contributed by atoms with E-state index in [1.807, 2.05) is 36.6 Å². The monoisotopic (exact) mass is 494 g/mol. The fourth-order valence-electron chi connectivity index (χ4n) is 5.58. The predicted molar refractivity (Wildman–Crippen MR) is 145 cm³/mol. The molecule has 4 aromatic rings. The molecule has 0 spiro atoms. The van der Waals surface area contributed by atoms with Gasteiger partial charge in [-0.15, -0.1) is 0 Å². The van der Waals surface area contributed by atoms with E-state index in [0.717, 1.165) is 49.4 Å². The number of carboxylic acids is 1. The minimum atomic E-state index is -0.984. The molecule has 1 aliphatic heterocycles. The number of nitrogens with one attached hydrogen (secondary N) is 1. The number of hydrogen-bond acceptors (Lipinski definition) is 5. The highest BCUT2D eigenvalue weighted by Crippen LogP contribution is 2.37. The fraction of sp³-hybridized carbons (Fsp3) is 0.300. The first kappa shape index (κ1) is 23.3. The number of anilines is 2. The number of fused-ring (bicyclic) bond motifs is 2. The zero-order valence-corrected chi connectivity index (χ0v) is 21.1. The number of para-hydroxylation sites is 1. The number of carboxylic acid groups (broad SMARTS) is 1. The van der Waals surface area contributed by atoms with E-state index < -0.39 is 5.97 Å². The van der Waals surface area contributed by atoms with Gasteiger partial charge in [-0.3, -0.25) is 9.36 Å². The first-order valence-corrected chi connectivity index (χ1v) is 12.9. The van der Waals surface area contributed by atoms with Crippen molar-refractivity contribution in [3.63, 3.8) is 0 Å². The molecule has 0 bridgehead atoms. The number of nitrogens with zero attached hydrogens (tertiary/aromatic N) is 3. The summed E-state index contributed by atoms with van der Waals surface area (Å²) in [5.41, 5.74) is 5.81. The van der Waals surface area contributed by atoms with E-state index in [1.54, 1.807) is 18.2 Å². The molecule has 2 N–H and O–H groups in total. The van der Waals surface area contributed by atoms with Crippen LogP contribution in [0.3, 0.4) is 0 Å². The Labute approximate surface area is 215 Å². The third-order valence-corrected chi connectivity index (χ3v) is 7.72. The molecule has 1 aliphatic carbocycles. The summed E-state index contributed by atoms with van der Waals surface area (Å²) < 4.78 is 1.93. The summed E-state index contributed by atoms with van der Waals surface area (Å²) in [6.45, 7) is 5.42. The lowest BCUT2D eigenvalue weighted by Gasteiger charge is -2.32. The second-order valence-electron chi connectivity index (χ2n) is 10.3. The Bertz CT molecular complexity index is 1560. The van der Waals surface area contributed by atoms with Crippen LogP contribution >= 0.6 is 0 Å². The lowest BCUT2D eigenvalue weighted by atomic mass is 9.92. The van der Waals surface area contributed by atoms with Gasteiger partial charge >= 0.3 is 5.97 Å². The average molecular weight is 495 g/mol. The average Bonchev–Trinajstić information content (AvgIpc) is 3.28. The fourth-order valence-corrected chi connectivity index (χ4v) is 5.58. The van der Waals surface area contributed by atoms with Crippen LogP contribution in [0.25, 0.3) is 10.9 Å². The van der Waals surface area contributed by atoms with Crippen LogP contribution in [-0.2, 0) is 13.1 Å². The Kier molecular flexibility index (Phi) is 5.71. The number of rotatable bonds is 6. The molecule has 188 valence electrons. The summed E-state index contributed by atoms with van der Waals surface area (Å²) in [6, 6.07) is 19.2. The number of aromatic nitrogens is 2. The van der Waals surface area contributed by atoms with Gasteiger partial charge in [0, 0.05) is 30.4 Å². The molecule has 1 atom stereocenters. The van der Waals surface area contributed by atoms with Crippen LogP contribution in [0.2, 0.25) is 0 Å². The molecule has 3 aromatic carbocycles. The van der Waals surface area contributed by atoms with Crippen molar-refractivity contribution >= 4 is 28.5 Å². The van der Waals surface area contributed by atoms with Crippen molar-refractivity contribution in [1.29, 1.82) is 0 Å². The molecular formula is C30H30N4O3. The van der Waals surface area contributed by atoms with E-state index in [-0.39, 0.29) is 23.2 Å². The van der Waals surface area contributed by atoms with Crippen LogP contribution in [0.15, 0.2) is 65.5 Å². The standard InChI is InChI=1S/C30H30N4O3/c1-18-14-24(19(2)31-26-13-6-5-12-23(26)29(36)37)27-25(15-18)28(35)34(22-10-7-11-22)30(32-27)33-16-20-8-3-4-9-21(20)17-33/h3-6,8-9,12-15,19,22,31H,7,10-11,16-17H2,1-2H3,(H,36,37). The molecule has 1 unspecified atom stereocenters. The Hall–Kier alpha value is -4.13. The predicted octanol–water partition coefficient (Wildman–Crippen LogP) is 5.82. The zero-order valence-electron chi connectivity index (χ0n) is 21.1. The van der Waals surface area contributed by atoms with Gasteiger partial charge in [0.05, 0.1) is 22.5 Å². The Morgan fingerprint density at radius 2 is 1.73 bits per heavy atom. The molecule has 7 heteroatoms. The van der Waals surface area contributed by atoms with E-state index in [0.29, 0.717) is 16.6 Å². The molecule has 0 saturated heterocycles. The molecule has 6 rings (SSSR count). The van der Waals surface area contributed by atoms with Crippen LogP contribution in [0.4, 0.5) is 11.6 Å². The zero-order chi connectivity index (χ0) is 25.7. The van der Waals surface area contributed by atoms with E-state index in [4.69, 9.17) is 4.98 Å². The van der Waals surface area contributed by atoms with Crippen LogP contribution < -0.4 is 15.8 Å². The minimum absolute atomic E-state index is 0.00347. The van der Waals surface area contributed by atoms with Gasteiger partial charge in [0.2, 0.25) is 5.95 Å². The van der Waals surface area contributed by atoms with Crippen LogP contribution in [0.5, 0.6) is 0 Å². The highest BCUT2D eigenvalue weighted by Gasteiger charge is 2.30. The molecule has 1 saturated carbocycles. The van der Waals surface area contributed by atoms with Crippen molar-refractivity contribution < 1.29 is 9.90 Å². The third-order valence-electron chi connectivity index (χ3n) is 7.72. The summed E-state index contributed by atoms with van der Waals surface area (Å²) in [7, 11) is 0. The van der Waals surface area contributed by atoms with Crippen molar-refractivity contribution in [2.75, 3.05) is 10.2 Å². The molecule has 1 aromatic heterocycles. The number of aromatic carboxylic acids is 1. The normalized spacial score (nSPS) is 15.9. The van der Waals surface area contributed by atoms with Gasteiger partial charge in [-0.05, 0) is 68.0 Å². The summed E-state index contributed by atoms with van der Waals surface area (Å²) >= 11 is 0. The van der Waals surface area contributed by atoms with Crippen LogP contribution in [-0.4, -0.2) is 20.6 Å². The van der Waals surface area contributed by atoms with Gasteiger partial charge < -0.3 is 15.3 Å². The Morgan fingerprint density at radius 3 is 2.38 bits per heavy atom. The van der Waals surface area contributed by atoms with Crippen molar-refractivity contribution in [2.24, 2.45) is 0 Å². The second-order valence-corrected chi connectivity index (χ2v) is 10.3. The third kappa shape index (κ3) is 4.04. The number of hydrogen-bond donors (Lipinski definition) is 2. The first-order valence-electron chi connectivity index (χ1n) is 12.9. The first-order chi connectivity index (χ1) is 17.9. The van der Waals surface area contributed by atoms with E-state index in [2.05, 4.69) is 34.5 Å². The van der Waals surface area contributed by atoms with Crippen molar-refractivity contribution in [3.05, 3.63) is 98.8 Å². The van der Waals surface area contributed by atoms with Crippen molar-refractivity contribution in [1.82, 2.24) is 9.55 Å². The quantitative estimate of drug-likeness (QED) is 0.351. The van der Waals surface area contributed by atoms with Gasteiger partial charge in [-0.1, -0.05) is 42.5 Å². The molecular weight excluding hydrogens is 464 g/mol. The Balaban J connectivity index is 1.49. The SMILES string of the molecule is Cc1cc(C(C)Nc2ccccc2C(=O)O)c2nc(N3Cc4ccccc4C3)n(C3CCC3)c(=O)c2c1. The van der Waals surface area contributed by atoms with Crippen LogP contribution in [0.1, 0.15) is 70.9 Å². The smallest absolute Gasteiger partial charge is 0.337 e. The van der Waals surface area contributed by atoms with E-state index in [1.165, 1.54) is 11.1 Å². The second kappa shape index (κ2) is 9.07. The molecule has 7 nitrogen and oxygen atoms in total. The number of benzene rings is 3. The summed E-state index contributed by atoms with van der Waals surface area (Å²) in [5, 5.41) is 13.6. The summed E-state index contributed by atoms with van der Waals surface area (Å²) in [6.07, 6.45) is 3.10. The molecule has 2 aliphatic rings. The highest BCUT2D eigenvalue weighted by molar-refractivity contribution is 5.94. The maximum Gasteiger partial charge on any atom is 0.337 e. The highest BCUT2D eigenvalue weighted by atomic mass is 16.4. The molecule has 2 heterocycles. The molecule has 0 radical (unpaired) electrons. The molecule has 0 amide bonds. The molecule has 37 heavy (non-hydrogen) atoms. The van der Waals surface area contributed by atoms with Gasteiger partial charge in [-0.25, -0.2) is 9.78 Å².